The SMILES string of the molecule is CC(C)(C)C.CCCC.CCCCCCC.Cc1ccc(-c2ccccc2)cc1.Cc1cccc(-c2ccccc2)c1.Cc1ccccc1. The number of benzene rings is 5. The van der Waals surface area contributed by atoms with Crippen LogP contribution in [0.25, 0.3) is 22.3 Å². The highest BCUT2D eigenvalue weighted by molar-refractivity contribution is 5.64. The summed E-state index contributed by atoms with van der Waals surface area (Å²) < 4.78 is 0. The molecule has 0 bridgehead atoms. The van der Waals surface area contributed by atoms with Crippen LogP contribution < -0.4 is 0 Å². The van der Waals surface area contributed by atoms with Crippen molar-refractivity contribution in [3.05, 3.63) is 156 Å². The molecule has 266 valence electrons. The van der Waals surface area contributed by atoms with Crippen molar-refractivity contribution in [2.24, 2.45) is 5.41 Å². The van der Waals surface area contributed by atoms with Crippen LogP contribution in [0.3, 0.4) is 0 Å². The van der Waals surface area contributed by atoms with Gasteiger partial charge in [0.15, 0.2) is 0 Å². The van der Waals surface area contributed by atoms with E-state index in [1.165, 1.54) is 83.9 Å². The standard InChI is InChI=1S/2C13H12.C7H8.C7H16.C5H12.C4H10/c1-11-6-5-9-13(10-11)12-7-3-2-4-8-12;1-11-7-9-13(10-8-11)12-5-3-2-4-6-12;1-7-5-3-2-4-6-7;1-3-5-7-6-4-2;1-5(2,3)4;1-3-4-2/h2*2-10H,1H3;2-6H,1H3;3-7H2,1-2H3;1-4H3;3-4H2,1-2H3. The molecule has 0 spiro atoms. The molecular formula is C49H70. The lowest BCUT2D eigenvalue weighted by Crippen LogP contribution is -1.93. The highest BCUT2D eigenvalue weighted by Crippen LogP contribution is 2.20. The molecular weight excluding hydrogens is 589 g/mol. The van der Waals surface area contributed by atoms with Crippen LogP contribution in [0.5, 0.6) is 0 Å². The third kappa shape index (κ3) is 27.7. The summed E-state index contributed by atoms with van der Waals surface area (Å²) in [5.41, 5.74) is 9.57. The topological polar surface area (TPSA) is 0 Å². The van der Waals surface area contributed by atoms with Crippen LogP contribution >= 0.6 is 0 Å². The molecule has 0 unspecified atom stereocenters. The largest absolute Gasteiger partial charge is 0.0654 e. The van der Waals surface area contributed by atoms with E-state index in [1.54, 1.807) is 0 Å². The molecule has 0 nitrogen and oxygen atoms in total. The van der Waals surface area contributed by atoms with Crippen molar-refractivity contribution in [2.75, 3.05) is 0 Å². The summed E-state index contributed by atoms with van der Waals surface area (Å²) in [4.78, 5) is 0. The predicted molar refractivity (Wildman–Crippen MR) is 225 cm³/mol. The van der Waals surface area contributed by atoms with Crippen molar-refractivity contribution in [1.29, 1.82) is 0 Å². The fourth-order valence-corrected chi connectivity index (χ4v) is 4.04. The average Bonchev–Trinajstić information content (AvgIpc) is 3.10. The van der Waals surface area contributed by atoms with Crippen LogP contribution in [0, 0.1) is 26.2 Å². The van der Waals surface area contributed by atoms with Gasteiger partial charge in [0, 0.05) is 0 Å². The van der Waals surface area contributed by atoms with E-state index >= 15 is 0 Å². The highest BCUT2D eigenvalue weighted by Gasteiger charge is 1.96. The first-order valence-corrected chi connectivity index (χ1v) is 18.7. The van der Waals surface area contributed by atoms with Crippen LogP contribution in [-0.2, 0) is 0 Å². The van der Waals surface area contributed by atoms with Gasteiger partial charge in [0.2, 0.25) is 0 Å². The van der Waals surface area contributed by atoms with Crippen molar-refractivity contribution in [2.45, 2.75) is 121 Å². The minimum atomic E-state index is 0.500. The van der Waals surface area contributed by atoms with Crippen molar-refractivity contribution in [1.82, 2.24) is 0 Å². The van der Waals surface area contributed by atoms with E-state index in [4.69, 9.17) is 0 Å². The highest BCUT2D eigenvalue weighted by atomic mass is 14.0. The summed E-state index contributed by atoms with van der Waals surface area (Å²) in [6.45, 7) is 23.9. The number of hydrogen-bond acceptors (Lipinski definition) is 0. The van der Waals surface area contributed by atoms with E-state index in [-0.39, 0.29) is 0 Å². The van der Waals surface area contributed by atoms with Crippen LogP contribution in [0.15, 0.2) is 140 Å². The minimum Gasteiger partial charge on any atom is -0.0654 e. The quantitative estimate of drug-likeness (QED) is 0.153. The average molecular weight is 659 g/mol. The molecule has 0 saturated heterocycles. The Morgan fingerprint density at radius 2 is 0.653 bits per heavy atom. The Balaban J connectivity index is 0.000000598. The Morgan fingerprint density at radius 3 is 1.00 bits per heavy atom. The first kappa shape index (κ1) is 45.1. The van der Waals surface area contributed by atoms with Gasteiger partial charge in [-0.15, -0.1) is 0 Å². The van der Waals surface area contributed by atoms with Gasteiger partial charge < -0.3 is 0 Å². The number of unbranched alkanes of at least 4 members (excludes halogenated alkanes) is 5. The first-order chi connectivity index (χ1) is 23.4. The number of rotatable bonds is 7. The van der Waals surface area contributed by atoms with Crippen LogP contribution in [-0.4, -0.2) is 0 Å². The first-order valence-electron chi connectivity index (χ1n) is 18.7. The number of aryl methyl sites for hydroxylation is 3. The molecule has 0 heteroatoms. The maximum absolute atomic E-state index is 2.25. The molecule has 0 radical (unpaired) electrons. The summed E-state index contributed by atoms with van der Waals surface area (Å²) in [5.74, 6) is 0. The van der Waals surface area contributed by atoms with E-state index in [1.807, 2.05) is 30.3 Å². The van der Waals surface area contributed by atoms with E-state index < -0.39 is 0 Å². The number of hydrogen-bond donors (Lipinski definition) is 0. The van der Waals surface area contributed by atoms with Gasteiger partial charge in [-0.1, -0.05) is 257 Å². The zero-order chi connectivity index (χ0) is 36.8. The third-order valence-corrected chi connectivity index (χ3v) is 6.93. The lowest BCUT2D eigenvalue weighted by Gasteiger charge is -2.05. The molecule has 49 heavy (non-hydrogen) atoms. The summed E-state index contributed by atoms with van der Waals surface area (Å²) in [5, 5.41) is 0. The Bertz CT molecular complexity index is 1380. The lowest BCUT2D eigenvalue weighted by atomic mass is 10.0. The summed E-state index contributed by atoms with van der Waals surface area (Å²) >= 11 is 0. The minimum absolute atomic E-state index is 0.500. The Kier molecular flexibility index (Phi) is 26.7. The second kappa shape index (κ2) is 29.1. The van der Waals surface area contributed by atoms with Gasteiger partial charge in [-0.05, 0) is 48.4 Å². The van der Waals surface area contributed by atoms with E-state index in [0.29, 0.717) is 5.41 Å². The summed E-state index contributed by atoms with van der Waals surface area (Å²) in [6.07, 6.45) is 9.65. The molecule has 5 aromatic rings. The molecule has 0 aliphatic carbocycles. The summed E-state index contributed by atoms with van der Waals surface area (Å²) in [6, 6.07) is 48.3. The van der Waals surface area contributed by atoms with Crippen LogP contribution in [0.1, 0.15) is 117 Å². The molecule has 0 N–H and O–H groups in total. The van der Waals surface area contributed by atoms with Gasteiger partial charge in [-0.25, -0.2) is 0 Å². The Hall–Kier alpha value is -3.90. The molecule has 0 aliphatic rings. The molecule has 0 saturated carbocycles. The second-order valence-corrected chi connectivity index (χ2v) is 14.2. The van der Waals surface area contributed by atoms with Gasteiger partial charge in [0.1, 0.15) is 0 Å². The zero-order valence-electron chi connectivity index (χ0n) is 33.2. The van der Waals surface area contributed by atoms with Crippen LogP contribution in [0.2, 0.25) is 0 Å². The third-order valence-electron chi connectivity index (χ3n) is 6.93. The van der Waals surface area contributed by atoms with Gasteiger partial charge in [0.05, 0.1) is 0 Å². The molecule has 0 aromatic heterocycles. The fraction of sp³-hybridized carbons (Fsp3) is 0.388. The van der Waals surface area contributed by atoms with E-state index in [2.05, 4.69) is 185 Å². The second-order valence-electron chi connectivity index (χ2n) is 14.2. The van der Waals surface area contributed by atoms with Gasteiger partial charge in [-0.2, -0.15) is 0 Å². The predicted octanol–water partition coefficient (Wildman–Crippen LogP) is 16.2. The molecule has 0 heterocycles. The van der Waals surface area contributed by atoms with Gasteiger partial charge in [-0.3, -0.25) is 0 Å². The Labute approximate surface area is 304 Å². The zero-order valence-corrected chi connectivity index (χ0v) is 33.2. The van der Waals surface area contributed by atoms with Crippen LogP contribution in [0.4, 0.5) is 0 Å². The maximum atomic E-state index is 2.25. The molecule has 0 atom stereocenters. The molecule has 0 aliphatic heterocycles. The monoisotopic (exact) mass is 659 g/mol. The van der Waals surface area contributed by atoms with Crippen molar-refractivity contribution >= 4 is 0 Å². The smallest absolute Gasteiger partial charge is 0.0181 e. The van der Waals surface area contributed by atoms with Gasteiger partial charge in [0.25, 0.3) is 0 Å². The lowest BCUT2D eigenvalue weighted by molar-refractivity contribution is 0.469. The van der Waals surface area contributed by atoms with Crippen molar-refractivity contribution in [3.8, 4) is 22.3 Å². The molecule has 5 aromatic carbocycles. The molecule has 5 rings (SSSR count). The molecule has 0 fully saturated rings. The summed E-state index contributed by atoms with van der Waals surface area (Å²) in [7, 11) is 0. The normalized spacial score (nSPS) is 9.69. The van der Waals surface area contributed by atoms with E-state index in [9.17, 15) is 0 Å². The Morgan fingerprint density at radius 1 is 0.327 bits per heavy atom. The van der Waals surface area contributed by atoms with Crippen molar-refractivity contribution in [3.63, 3.8) is 0 Å². The molecule has 0 amide bonds. The van der Waals surface area contributed by atoms with E-state index in [0.717, 1.165) is 0 Å². The maximum Gasteiger partial charge on any atom is -0.0181 e. The van der Waals surface area contributed by atoms with Gasteiger partial charge >= 0.3 is 0 Å². The van der Waals surface area contributed by atoms with Crippen molar-refractivity contribution < 1.29 is 0 Å². The fourth-order valence-electron chi connectivity index (χ4n) is 4.04.